The van der Waals surface area contributed by atoms with Gasteiger partial charge >= 0.3 is 0 Å². The maximum atomic E-state index is 13.4. The highest BCUT2D eigenvalue weighted by atomic mass is 32.2. The number of carbonyl (C=O) groups excluding carboxylic acids is 1. The Morgan fingerprint density at radius 3 is 2.33 bits per heavy atom. The zero-order chi connectivity index (χ0) is 19.7. The number of nitrogens with one attached hydrogen (secondary N) is 1. The Balaban J connectivity index is 2.16. The molecule has 1 aromatic rings. The van der Waals surface area contributed by atoms with Gasteiger partial charge in [-0.05, 0) is 43.0 Å². The number of halogens is 1. The molecule has 0 radical (unpaired) electrons. The Labute approximate surface area is 160 Å². The molecular weight excluding hydrogens is 367 g/mol. The summed E-state index contributed by atoms with van der Waals surface area (Å²) in [7, 11) is -3.73. The zero-order valence-electron chi connectivity index (χ0n) is 15.9. The maximum Gasteiger partial charge on any atom is 0.242 e. The van der Waals surface area contributed by atoms with Crippen LogP contribution in [0.15, 0.2) is 29.8 Å². The van der Waals surface area contributed by atoms with Crippen LogP contribution in [0.5, 0.6) is 0 Å². The van der Waals surface area contributed by atoms with Crippen molar-refractivity contribution in [1.82, 2.24) is 9.62 Å². The van der Waals surface area contributed by atoms with Gasteiger partial charge in [0.15, 0.2) is 0 Å². The number of hydrogen-bond donors (Lipinski definition) is 1. The van der Waals surface area contributed by atoms with Crippen molar-refractivity contribution in [2.75, 3.05) is 13.1 Å². The van der Waals surface area contributed by atoms with Crippen LogP contribution in [0.4, 0.5) is 4.39 Å². The van der Waals surface area contributed by atoms with E-state index in [4.69, 9.17) is 0 Å². The van der Waals surface area contributed by atoms with Crippen molar-refractivity contribution >= 4 is 20.8 Å². The molecule has 0 unspecified atom stereocenters. The standard InChI is InChI=1S/C20H27FN2O3S/c1-3-18(24)23(4-2)14-17-19(15-8-10-16(21)11-9-15)27(25,26)22-20(17)12-6-5-7-13-20/h8-11,22H,3-7,12-14H2,1-2H3. The van der Waals surface area contributed by atoms with Crippen LogP contribution in [-0.2, 0) is 14.8 Å². The predicted molar refractivity (Wildman–Crippen MR) is 104 cm³/mol. The second-order valence-electron chi connectivity index (χ2n) is 7.32. The molecule has 5 nitrogen and oxygen atoms in total. The molecule has 1 fully saturated rings. The van der Waals surface area contributed by atoms with Crippen LogP contribution in [0.3, 0.4) is 0 Å². The predicted octanol–water partition coefficient (Wildman–Crippen LogP) is 3.43. The fourth-order valence-electron chi connectivity index (χ4n) is 4.25. The van der Waals surface area contributed by atoms with Crippen LogP contribution < -0.4 is 4.72 Å². The minimum atomic E-state index is -3.73. The third-order valence-corrected chi connectivity index (χ3v) is 7.33. The molecule has 7 heteroatoms. The molecule has 3 rings (SSSR count). The van der Waals surface area contributed by atoms with Gasteiger partial charge in [0.2, 0.25) is 15.9 Å². The van der Waals surface area contributed by atoms with Crippen molar-refractivity contribution in [2.45, 2.75) is 57.9 Å². The molecular formula is C20H27FN2O3S. The molecule has 1 N–H and O–H groups in total. The minimum Gasteiger partial charge on any atom is -0.339 e. The molecule has 1 amide bonds. The van der Waals surface area contributed by atoms with Gasteiger partial charge in [-0.1, -0.05) is 38.3 Å². The summed E-state index contributed by atoms with van der Waals surface area (Å²) in [6.45, 7) is 4.50. The van der Waals surface area contributed by atoms with Gasteiger partial charge in [-0.15, -0.1) is 0 Å². The van der Waals surface area contributed by atoms with E-state index >= 15 is 0 Å². The number of likely N-dealkylation sites (N-methyl/N-ethyl adjacent to an activating group) is 1. The van der Waals surface area contributed by atoms with Crippen LogP contribution in [-0.4, -0.2) is 37.9 Å². The Bertz CT molecular complexity index is 840. The molecule has 2 aliphatic rings. The third-order valence-electron chi connectivity index (χ3n) is 5.65. The largest absolute Gasteiger partial charge is 0.339 e. The second-order valence-corrected chi connectivity index (χ2v) is 8.94. The molecule has 1 aromatic carbocycles. The van der Waals surface area contributed by atoms with Crippen molar-refractivity contribution in [2.24, 2.45) is 0 Å². The molecule has 0 saturated heterocycles. The zero-order valence-corrected chi connectivity index (χ0v) is 16.7. The van der Waals surface area contributed by atoms with E-state index in [0.29, 0.717) is 18.5 Å². The molecule has 1 aliphatic heterocycles. The van der Waals surface area contributed by atoms with E-state index in [1.807, 2.05) is 6.92 Å². The van der Waals surface area contributed by atoms with Gasteiger partial charge in [0.25, 0.3) is 0 Å². The Morgan fingerprint density at radius 2 is 1.78 bits per heavy atom. The summed E-state index contributed by atoms with van der Waals surface area (Å²) in [6.07, 6.45) is 4.79. The molecule has 1 heterocycles. The topological polar surface area (TPSA) is 66.5 Å². The van der Waals surface area contributed by atoms with Crippen LogP contribution in [0.2, 0.25) is 0 Å². The van der Waals surface area contributed by atoms with Crippen molar-refractivity contribution in [3.63, 3.8) is 0 Å². The van der Waals surface area contributed by atoms with E-state index in [9.17, 15) is 17.6 Å². The molecule has 27 heavy (non-hydrogen) atoms. The van der Waals surface area contributed by atoms with Gasteiger partial charge in [-0.25, -0.2) is 17.5 Å². The van der Waals surface area contributed by atoms with Crippen molar-refractivity contribution in [3.05, 3.63) is 41.2 Å². The number of rotatable bonds is 5. The average molecular weight is 395 g/mol. The van der Waals surface area contributed by atoms with Crippen molar-refractivity contribution < 1.29 is 17.6 Å². The van der Waals surface area contributed by atoms with E-state index in [1.165, 1.54) is 24.3 Å². The van der Waals surface area contributed by atoms with Crippen LogP contribution in [0, 0.1) is 5.82 Å². The number of nitrogens with zero attached hydrogens (tertiary/aromatic N) is 1. The van der Waals surface area contributed by atoms with Crippen LogP contribution in [0.25, 0.3) is 4.91 Å². The summed E-state index contributed by atoms with van der Waals surface area (Å²) in [5.41, 5.74) is 0.584. The van der Waals surface area contributed by atoms with E-state index in [2.05, 4.69) is 4.72 Å². The van der Waals surface area contributed by atoms with Crippen molar-refractivity contribution in [3.8, 4) is 0 Å². The Kier molecular flexibility index (Phi) is 5.72. The first kappa shape index (κ1) is 20.0. The van der Waals surface area contributed by atoms with Crippen LogP contribution in [0.1, 0.15) is 57.9 Å². The monoisotopic (exact) mass is 394 g/mol. The van der Waals surface area contributed by atoms with E-state index in [0.717, 1.165) is 37.7 Å². The molecule has 1 saturated carbocycles. The molecule has 0 atom stereocenters. The SMILES string of the molecule is CCC(=O)N(CC)CC1=C(c2ccc(F)cc2)S(=O)(=O)NC12CCCCC2. The van der Waals surface area contributed by atoms with E-state index in [-0.39, 0.29) is 17.4 Å². The number of sulfonamides is 1. The van der Waals surface area contributed by atoms with Gasteiger partial charge in [-0.2, -0.15) is 0 Å². The fourth-order valence-corrected chi connectivity index (χ4v) is 6.23. The highest BCUT2D eigenvalue weighted by molar-refractivity contribution is 7.99. The van der Waals surface area contributed by atoms with Gasteiger partial charge in [0.1, 0.15) is 5.82 Å². The lowest BCUT2D eigenvalue weighted by atomic mass is 9.76. The average Bonchev–Trinajstić information content (AvgIpc) is 2.86. The summed E-state index contributed by atoms with van der Waals surface area (Å²) in [6, 6.07) is 5.56. The Hall–Kier alpha value is -1.73. The molecule has 1 aliphatic carbocycles. The van der Waals surface area contributed by atoms with Crippen LogP contribution >= 0.6 is 0 Å². The lowest BCUT2D eigenvalue weighted by molar-refractivity contribution is -0.130. The first-order chi connectivity index (χ1) is 12.8. The Morgan fingerprint density at radius 1 is 1.15 bits per heavy atom. The second kappa shape index (κ2) is 7.72. The molecule has 0 bridgehead atoms. The maximum absolute atomic E-state index is 13.4. The fraction of sp³-hybridized carbons (Fsp3) is 0.550. The van der Waals surface area contributed by atoms with Gasteiger partial charge in [0, 0.05) is 19.5 Å². The summed E-state index contributed by atoms with van der Waals surface area (Å²) in [4.78, 5) is 14.3. The molecule has 148 valence electrons. The number of carbonyl (C=O) groups is 1. The third kappa shape index (κ3) is 3.80. The number of amides is 1. The number of benzene rings is 1. The summed E-state index contributed by atoms with van der Waals surface area (Å²) < 4.78 is 42.5. The highest BCUT2D eigenvalue weighted by Crippen LogP contribution is 2.45. The smallest absolute Gasteiger partial charge is 0.242 e. The lowest BCUT2D eigenvalue weighted by Gasteiger charge is -2.37. The van der Waals surface area contributed by atoms with E-state index in [1.54, 1.807) is 11.8 Å². The first-order valence-corrected chi connectivity index (χ1v) is 11.1. The van der Waals surface area contributed by atoms with Gasteiger partial charge in [0.05, 0.1) is 10.4 Å². The van der Waals surface area contributed by atoms with Gasteiger partial charge in [-0.3, -0.25) is 4.79 Å². The van der Waals surface area contributed by atoms with E-state index < -0.39 is 21.4 Å². The summed E-state index contributed by atoms with van der Waals surface area (Å²) in [5, 5.41) is 0. The normalized spacial score (nSPS) is 20.9. The van der Waals surface area contributed by atoms with Gasteiger partial charge < -0.3 is 4.90 Å². The molecule has 1 spiro atoms. The first-order valence-electron chi connectivity index (χ1n) is 9.64. The number of hydrogen-bond acceptors (Lipinski definition) is 3. The quantitative estimate of drug-likeness (QED) is 0.832. The minimum absolute atomic E-state index is 0.00119. The lowest BCUT2D eigenvalue weighted by Crippen LogP contribution is -2.48. The highest BCUT2D eigenvalue weighted by Gasteiger charge is 2.49. The van der Waals surface area contributed by atoms with Crippen molar-refractivity contribution in [1.29, 1.82) is 0 Å². The molecule has 0 aromatic heterocycles. The summed E-state index contributed by atoms with van der Waals surface area (Å²) >= 11 is 0. The summed E-state index contributed by atoms with van der Waals surface area (Å²) in [5.74, 6) is -0.410.